The molecule has 0 aliphatic carbocycles. The highest BCUT2D eigenvalue weighted by molar-refractivity contribution is 6.08. The van der Waals surface area contributed by atoms with E-state index in [2.05, 4.69) is 5.32 Å². The lowest BCUT2D eigenvalue weighted by Gasteiger charge is -2.22. The first-order chi connectivity index (χ1) is 16.1. The molecule has 1 heterocycles. The average Bonchev–Trinajstić information content (AvgIpc) is 3.39. The Kier molecular flexibility index (Phi) is 6.50. The van der Waals surface area contributed by atoms with Gasteiger partial charge in [0, 0.05) is 11.9 Å². The predicted octanol–water partition coefficient (Wildman–Crippen LogP) is 4.90. The van der Waals surface area contributed by atoms with Crippen LogP contribution in [-0.4, -0.2) is 30.9 Å². The zero-order valence-corrected chi connectivity index (χ0v) is 18.0. The van der Waals surface area contributed by atoms with Crippen molar-refractivity contribution in [2.45, 2.75) is 6.92 Å². The van der Waals surface area contributed by atoms with Gasteiger partial charge < -0.3 is 19.4 Å². The molecule has 1 N–H and O–H groups in total. The number of amides is 2. The topological polar surface area (TPSA) is 88.9 Å². The van der Waals surface area contributed by atoms with Crippen LogP contribution < -0.4 is 10.2 Å². The number of nitrogens with zero attached hydrogens (tertiary/aromatic N) is 1. The highest BCUT2D eigenvalue weighted by Crippen LogP contribution is 2.27. The summed E-state index contributed by atoms with van der Waals surface area (Å²) in [4.78, 5) is 39.5. The van der Waals surface area contributed by atoms with Crippen molar-refractivity contribution < 1.29 is 23.5 Å². The predicted molar refractivity (Wildman–Crippen MR) is 125 cm³/mol. The van der Waals surface area contributed by atoms with Crippen LogP contribution in [0.5, 0.6) is 0 Å². The van der Waals surface area contributed by atoms with Gasteiger partial charge >= 0.3 is 5.97 Å². The number of nitrogens with one attached hydrogen (secondary N) is 1. The van der Waals surface area contributed by atoms with Crippen LogP contribution in [0.4, 0.5) is 11.4 Å². The number of furan rings is 1. The molecule has 0 atom stereocenters. The van der Waals surface area contributed by atoms with E-state index >= 15 is 0 Å². The highest BCUT2D eigenvalue weighted by atomic mass is 16.5. The van der Waals surface area contributed by atoms with Crippen LogP contribution in [0.3, 0.4) is 0 Å². The van der Waals surface area contributed by atoms with Crippen LogP contribution in [-0.2, 0) is 9.53 Å². The molecule has 33 heavy (non-hydrogen) atoms. The molecule has 0 saturated heterocycles. The Morgan fingerprint density at radius 2 is 1.67 bits per heavy atom. The Balaban J connectivity index is 1.47. The molecule has 0 unspecified atom stereocenters. The van der Waals surface area contributed by atoms with Crippen LogP contribution in [0.15, 0.2) is 89.5 Å². The minimum absolute atomic E-state index is 0.113. The maximum Gasteiger partial charge on any atom is 0.340 e. The number of hydrogen-bond acceptors (Lipinski definition) is 5. The first-order valence-corrected chi connectivity index (χ1v) is 10.5. The number of carbonyl (C=O) groups excluding carboxylic acids is 3. The van der Waals surface area contributed by atoms with Crippen molar-refractivity contribution in [1.29, 1.82) is 0 Å². The van der Waals surface area contributed by atoms with Crippen molar-refractivity contribution in [2.75, 3.05) is 23.4 Å². The number of anilines is 2. The van der Waals surface area contributed by atoms with Gasteiger partial charge in [0.05, 0.1) is 23.2 Å². The van der Waals surface area contributed by atoms with Crippen molar-refractivity contribution in [1.82, 2.24) is 0 Å². The number of benzene rings is 3. The number of ether oxygens (including phenoxy) is 1. The van der Waals surface area contributed by atoms with Crippen LogP contribution in [0, 0.1) is 0 Å². The monoisotopic (exact) mass is 442 g/mol. The van der Waals surface area contributed by atoms with E-state index in [0.717, 1.165) is 16.5 Å². The summed E-state index contributed by atoms with van der Waals surface area (Å²) < 4.78 is 10.4. The zero-order chi connectivity index (χ0) is 23.2. The summed E-state index contributed by atoms with van der Waals surface area (Å²) >= 11 is 0. The smallest absolute Gasteiger partial charge is 0.340 e. The van der Waals surface area contributed by atoms with E-state index < -0.39 is 18.5 Å². The summed E-state index contributed by atoms with van der Waals surface area (Å²) in [6, 6.07) is 23.0. The number of esters is 1. The first kappa shape index (κ1) is 21.8. The first-order valence-electron chi connectivity index (χ1n) is 10.5. The van der Waals surface area contributed by atoms with Gasteiger partial charge in [0.1, 0.15) is 0 Å². The molecule has 0 bridgehead atoms. The maximum atomic E-state index is 12.9. The standard InChI is InChI=1S/C26H22N2O5/c1-2-28(22-14-7-10-18-9-3-4-11-19(18)22)24(29)17-33-26(31)20-12-5-6-13-21(20)27-25(30)23-15-8-16-32-23/h3-16H,2,17H2,1H3,(H,27,30). The van der Waals surface area contributed by atoms with E-state index in [9.17, 15) is 14.4 Å². The van der Waals surface area contributed by atoms with Crippen molar-refractivity contribution in [3.05, 3.63) is 96.4 Å². The van der Waals surface area contributed by atoms with E-state index in [1.165, 1.54) is 18.4 Å². The van der Waals surface area contributed by atoms with E-state index in [4.69, 9.17) is 9.15 Å². The third-order valence-electron chi connectivity index (χ3n) is 5.14. The molecule has 1 aromatic heterocycles. The summed E-state index contributed by atoms with van der Waals surface area (Å²) in [6.07, 6.45) is 1.39. The second kappa shape index (κ2) is 9.82. The minimum atomic E-state index is -0.715. The summed E-state index contributed by atoms with van der Waals surface area (Å²) in [5, 5.41) is 4.58. The van der Waals surface area contributed by atoms with Gasteiger partial charge in [-0.15, -0.1) is 0 Å². The summed E-state index contributed by atoms with van der Waals surface area (Å²) in [5.74, 6) is -1.45. The maximum absolute atomic E-state index is 12.9. The Labute approximate surface area is 190 Å². The molecule has 7 heteroatoms. The number of carbonyl (C=O) groups is 3. The fourth-order valence-electron chi connectivity index (χ4n) is 3.57. The molecule has 0 spiro atoms. The van der Waals surface area contributed by atoms with Gasteiger partial charge in [-0.05, 0) is 42.6 Å². The molecule has 0 saturated carbocycles. The Hall–Kier alpha value is -4.39. The quantitative estimate of drug-likeness (QED) is 0.412. The Morgan fingerprint density at radius 1 is 0.909 bits per heavy atom. The molecule has 166 valence electrons. The molecule has 0 aliphatic heterocycles. The average molecular weight is 442 g/mol. The summed E-state index contributed by atoms with van der Waals surface area (Å²) in [7, 11) is 0. The molecule has 2 amide bonds. The Bertz CT molecular complexity index is 1290. The number of likely N-dealkylation sites (N-methyl/N-ethyl adjacent to an activating group) is 1. The second-order valence-corrected chi connectivity index (χ2v) is 7.19. The van der Waals surface area contributed by atoms with Gasteiger partial charge in [0.15, 0.2) is 12.4 Å². The molecule has 0 radical (unpaired) electrons. The van der Waals surface area contributed by atoms with E-state index in [1.54, 1.807) is 29.2 Å². The zero-order valence-electron chi connectivity index (χ0n) is 18.0. The van der Waals surface area contributed by atoms with E-state index in [0.29, 0.717) is 6.54 Å². The van der Waals surface area contributed by atoms with Gasteiger partial charge in [-0.1, -0.05) is 48.5 Å². The lowest BCUT2D eigenvalue weighted by molar-refractivity contribution is -0.121. The van der Waals surface area contributed by atoms with Gasteiger partial charge in [0.25, 0.3) is 11.8 Å². The van der Waals surface area contributed by atoms with Crippen LogP contribution in [0.1, 0.15) is 27.8 Å². The molecular weight excluding hydrogens is 420 g/mol. The highest BCUT2D eigenvalue weighted by Gasteiger charge is 2.21. The van der Waals surface area contributed by atoms with Gasteiger partial charge in [-0.25, -0.2) is 4.79 Å². The van der Waals surface area contributed by atoms with Gasteiger partial charge in [0.2, 0.25) is 0 Å². The summed E-state index contributed by atoms with van der Waals surface area (Å²) in [5.41, 5.74) is 1.15. The molecule has 0 fully saturated rings. The van der Waals surface area contributed by atoms with Crippen LogP contribution in [0.25, 0.3) is 10.8 Å². The van der Waals surface area contributed by atoms with Crippen LogP contribution >= 0.6 is 0 Å². The third-order valence-corrected chi connectivity index (χ3v) is 5.14. The lowest BCUT2D eigenvalue weighted by Crippen LogP contribution is -2.34. The van der Waals surface area contributed by atoms with Crippen molar-refractivity contribution in [3.63, 3.8) is 0 Å². The number of hydrogen-bond donors (Lipinski definition) is 1. The second-order valence-electron chi connectivity index (χ2n) is 7.19. The van der Waals surface area contributed by atoms with Crippen molar-refractivity contribution >= 4 is 39.9 Å². The molecule has 4 aromatic rings. The number of rotatable bonds is 7. The SMILES string of the molecule is CCN(C(=O)COC(=O)c1ccccc1NC(=O)c1ccco1)c1cccc2ccccc12. The number of fused-ring (bicyclic) bond motifs is 1. The third kappa shape index (κ3) is 4.77. The largest absolute Gasteiger partial charge is 0.459 e. The molecule has 3 aromatic carbocycles. The molecule has 4 rings (SSSR count). The van der Waals surface area contributed by atoms with E-state index in [-0.39, 0.29) is 22.9 Å². The Morgan fingerprint density at radius 3 is 2.45 bits per heavy atom. The summed E-state index contributed by atoms with van der Waals surface area (Å²) in [6.45, 7) is 1.84. The number of para-hydroxylation sites is 1. The molecule has 0 aliphatic rings. The fourth-order valence-corrected chi connectivity index (χ4v) is 3.57. The van der Waals surface area contributed by atoms with E-state index in [1.807, 2.05) is 49.4 Å². The van der Waals surface area contributed by atoms with Crippen LogP contribution in [0.2, 0.25) is 0 Å². The van der Waals surface area contributed by atoms with Crippen molar-refractivity contribution in [2.24, 2.45) is 0 Å². The minimum Gasteiger partial charge on any atom is -0.459 e. The molecular formula is C26H22N2O5. The normalized spacial score (nSPS) is 10.6. The fraction of sp³-hybridized carbons (Fsp3) is 0.115. The lowest BCUT2D eigenvalue weighted by atomic mass is 10.1. The van der Waals surface area contributed by atoms with Gasteiger partial charge in [-0.2, -0.15) is 0 Å². The van der Waals surface area contributed by atoms with Gasteiger partial charge in [-0.3, -0.25) is 9.59 Å². The molecule has 7 nitrogen and oxygen atoms in total. The van der Waals surface area contributed by atoms with Crippen molar-refractivity contribution in [3.8, 4) is 0 Å².